The van der Waals surface area contributed by atoms with Gasteiger partial charge in [-0.25, -0.2) is 9.18 Å². The second kappa shape index (κ2) is 8.80. The van der Waals surface area contributed by atoms with Crippen molar-refractivity contribution in [3.63, 3.8) is 0 Å². The number of amides is 1. The Kier molecular flexibility index (Phi) is 6.75. The third kappa shape index (κ3) is 4.55. The molecule has 0 aliphatic heterocycles. The van der Waals surface area contributed by atoms with E-state index in [1.165, 1.54) is 23.5 Å². The van der Waals surface area contributed by atoms with Crippen molar-refractivity contribution in [2.75, 3.05) is 17.8 Å². The van der Waals surface area contributed by atoms with Crippen molar-refractivity contribution < 1.29 is 18.7 Å². The van der Waals surface area contributed by atoms with Crippen LogP contribution in [0.3, 0.4) is 0 Å². The topological polar surface area (TPSA) is 55.4 Å². The average molecular weight is 370 g/mol. The molecular weight excluding hydrogens is 353 g/mol. The average Bonchev–Trinajstić information content (AvgIpc) is 2.97. The van der Waals surface area contributed by atoms with Crippen molar-refractivity contribution in [2.24, 2.45) is 0 Å². The second-order valence-corrected chi connectivity index (χ2v) is 6.18. The van der Waals surface area contributed by atoms with E-state index >= 15 is 0 Å². The molecule has 0 saturated heterocycles. The predicted molar refractivity (Wildman–Crippen MR) is 94.3 cm³/mol. The molecule has 4 nitrogen and oxygen atoms in total. The van der Waals surface area contributed by atoms with Crippen molar-refractivity contribution in [1.29, 1.82) is 0 Å². The number of halogens is 2. The van der Waals surface area contributed by atoms with Crippen molar-refractivity contribution in [3.05, 3.63) is 41.0 Å². The number of benzene rings is 1. The maximum absolute atomic E-state index is 13.1. The van der Waals surface area contributed by atoms with Gasteiger partial charge in [-0.1, -0.05) is 12.1 Å². The van der Waals surface area contributed by atoms with Gasteiger partial charge in [-0.05, 0) is 31.0 Å². The highest BCUT2D eigenvalue weighted by Gasteiger charge is 2.22. The van der Waals surface area contributed by atoms with Crippen LogP contribution in [0.1, 0.15) is 30.1 Å². The molecule has 2 rings (SSSR count). The van der Waals surface area contributed by atoms with E-state index in [-0.39, 0.29) is 30.3 Å². The third-order valence-electron chi connectivity index (χ3n) is 3.22. The molecule has 1 amide bonds. The van der Waals surface area contributed by atoms with E-state index in [1.807, 2.05) is 0 Å². The first-order chi connectivity index (χ1) is 11.6. The minimum atomic E-state index is -0.522. The first-order valence-corrected chi connectivity index (χ1v) is 8.88. The number of anilines is 1. The highest BCUT2D eigenvalue weighted by Crippen LogP contribution is 2.36. The van der Waals surface area contributed by atoms with Gasteiger partial charge >= 0.3 is 5.97 Å². The molecule has 24 heavy (non-hydrogen) atoms. The van der Waals surface area contributed by atoms with E-state index < -0.39 is 5.97 Å². The van der Waals surface area contributed by atoms with Crippen LogP contribution in [0, 0.1) is 5.82 Å². The first kappa shape index (κ1) is 18.4. The number of carbonyl (C=O) groups excluding carboxylic acids is 2. The largest absolute Gasteiger partial charge is 0.462 e. The van der Waals surface area contributed by atoms with Gasteiger partial charge in [-0.2, -0.15) is 0 Å². The van der Waals surface area contributed by atoms with Gasteiger partial charge in [0.2, 0.25) is 5.91 Å². The fourth-order valence-electron chi connectivity index (χ4n) is 2.11. The van der Waals surface area contributed by atoms with Gasteiger partial charge in [0.15, 0.2) is 0 Å². The number of thiophene rings is 1. The molecule has 2 aromatic rings. The van der Waals surface area contributed by atoms with Crippen LogP contribution in [0.15, 0.2) is 29.6 Å². The molecule has 0 fully saturated rings. The number of hydrogen-bond acceptors (Lipinski definition) is 4. The lowest BCUT2D eigenvalue weighted by Crippen LogP contribution is -2.14. The molecular formula is C17H17ClFNO3S. The Hall–Kier alpha value is -1.92. The van der Waals surface area contributed by atoms with E-state index in [4.69, 9.17) is 16.3 Å². The molecule has 0 bridgehead atoms. The standard InChI is InChI=1S/C17H17ClFNO3S/c1-2-23-17(22)15-13(11-5-7-12(19)8-6-11)10-24-16(15)20-14(21)4-3-9-18/h5-8,10H,2-4,9H2,1H3,(H,20,21). The van der Waals surface area contributed by atoms with E-state index in [1.54, 1.807) is 24.4 Å². The van der Waals surface area contributed by atoms with Crippen LogP contribution in [0.4, 0.5) is 9.39 Å². The van der Waals surface area contributed by atoms with Crippen molar-refractivity contribution in [1.82, 2.24) is 0 Å². The maximum atomic E-state index is 13.1. The molecule has 0 unspecified atom stereocenters. The lowest BCUT2D eigenvalue weighted by Gasteiger charge is -2.08. The van der Waals surface area contributed by atoms with Crippen molar-refractivity contribution in [2.45, 2.75) is 19.8 Å². The Labute approximate surface area is 148 Å². The minimum Gasteiger partial charge on any atom is -0.462 e. The Morgan fingerprint density at radius 1 is 1.29 bits per heavy atom. The summed E-state index contributed by atoms with van der Waals surface area (Å²) < 4.78 is 18.2. The molecule has 128 valence electrons. The predicted octanol–water partition coefficient (Wildman–Crippen LogP) is 4.69. The lowest BCUT2D eigenvalue weighted by atomic mass is 10.0. The first-order valence-electron chi connectivity index (χ1n) is 7.47. The molecule has 0 atom stereocenters. The fraction of sp³-hybridized carbons (Fsp3) is 0.294. The number of carbonyl (C=O) groups is 2. The van der Waals surface area contributed by atoms with Crippen LogP contribution in [0.5, 0.6) is 0 Å². The van der Waals surface area contributed by atoms with Gasteiger partial charge in [0.25, 0.3) is 0 Å². The molecule has 1 N–H and O–H groups in total. The Morgan fingerprint density at radius 2 is 2.00 bits per heavy atom. The zero-order chi connectivity index (χ0) is 17.5. The van der Waals surface area contributed by atoms with Crippen LogP contribution >= 0.6 is 22.9 Å². The van der Waals surface area contributed by atoms with Crippen molar-refractivity contribution >= 4 is 39.8 Å². The van der Waals surface area contributed by atoms with Gasteiger partial charge in [-0.15, -0.1) is 22.9 Å². The summed E-state index contributed by atoms with van der Waals surface area (Å²) in [5, 5.41) is 4.90. The van der Waals surface area contributed by atoms with Crippen LogP contribution < -0.4 is 5.32 Å². The van der Waals surface area contributed by atoms with Gasteiger partial charge in [0.05, 0.1) is 6.61 Å². The fourth-order valence-corrected chi connectivity index (χ4v) is 3.22. The Morgan fingerprint density at radius 3 is 2.62 bits per heavy atom. The number of nitrogens with one attached hydrogen (secondary N) is 1. The van der Waals surface area contributed by atoms with E-state index in [0.29, 0.717) is 28.4 Å². The number of esters is 1. The third-order valence-corrected chi connectivity index (χ3v) is 4.38. The molecule has 0 saturated carbocycles. The molecule has 0 radical (unpaired) electrons. The summed E-state index contributed by atoms with van der Waals surface area (Å²) >= 11 is 6.82. The molecule has 7 heteroatoms. The van der Waals surface area contributed by atoms with Gasteiger partial charge in [0, 0.05) is 23.2 Å². The van der Waals surface area contributed by atoms with Gasteiger partial charge in [-0.3, -0.25) is 4.79 Å². The van der Waals surface area contributed by atoms with E-state index in [0.717, 1.165) is 0 Å². The summed E-state index contributed by atoms with van der Waals surface area (Å²) in [6.45, 7) is 1.93. The smallest absolute Gasteiger partial charge is 0.341 e. The number of ether oxygens (including phenoxy) is 1. The number of rotatable bonds is 7. The number of alkyl halides is 1. The summed E-state index contributed by atoms with van der Waals surface area (Å²) in [6, 6.07) is 5.81. The van der Waals surface area contributed by atoms with E-state index in [2.05, 4.69) is 5.32 Å². The normalized spacial score (nSPS) is 10.5. The second-order valence-electron chi connectivity index (χ2n) is 4.92. The van der Waals surface area contributed by atoms with Crippen LogP contribution in [-0.2, 0) is 9.53 Å². The molecule has 1 heterocycles. The van der Waals surface area contributed by atoms with Crippen LogP contribution in [0.2, 0.25) is 0 Å². The van der Waals surface area contributed by atoms with Crippen LogP contribution in [0.25, 0.3) is 11.1 Å². The SMILES string of the molecule is CCOC(=O)c1c(-c2ccc(F)cc2)csc1NC(=O)CCCCl. The summed E-state index contributed by atoms with van der Waals surface area (Å²) in [5.74, 6) is -0.704. The highest BCUT2D eigenvalue weighted by molar-refractivity contribution is 7.15. The number of hydrogen-bond donors (Lipinski definition) is 1. The monoisotopic (exact) mass is 369 g/mol. The summed E-state index contributed by atoms with van der Waals surface area (Å²) in [5.41, 5.74) is 1.57. The summed E-state index contributed by atoms with van der Waals surface area (Å²) in [7, 11) is 0. The maximum Gasteiger partial charge on any atom is 0.341 e. The van der Waals surface area contributed by atoms with Gasteiger partial charge in [0.1, 0.15) is 16.4 Å². The Bertz CT molecular complexity index is 715. The molecule has 0 spiro atoms. The Balaban J connectivity index is 2.35. The zero-order valence-corrected chi connectivity index (χ0v) is 14.7. The molecule has 1 aromatic carbocycles. The summed E-state index contributed by atoms with van der Waals surface area (Å²) in [4.78, 5) is 24.3. The molecule has 0 aliphatic carbocycles. The zero-order valence-electron chi connectivity index (χ0n) is 13.1. The summed E-state index contributed by atoms with van der Waals surface area (Å²) in [6.07, 6.45) is 0.827. The minimum absolute atomic E-state index is 0.214. The van der Waals surface area contributed by atoms with Gasteiger partial charge < -0.3 is 10.1 Å². The van der Waals surface area contributed by atoms with Crippen molar-refractivity contribution in [3.8, 4) is 11.1 Å². The lowest BCUT2D eigenvalue weighted by molar-refractivity contribution is -0.116. The molecule has 1 aromatic heterocycles. The van der Waals surface area contributed by atoms with Crippen LogP contribution in [-0.4, -0.2) is 24.4 Å². The molecule has 0 aliphatic rings. The highest BCUT2D eigenvalue weighted by atomic mass is 35.5. The van der Waals surface area contributed by atoms with E-state index in [9.17, 15) is 14.0 Å². The quantitative estimate of drug-likeness (QED) is 0.569.